The highest BCUT2D eigenvalue weighted by Crippen LogP contribution is 2.56. The van der Waals surface area contributed by atoms with Gasteiger partial charge in [-0.2, -0.15) is 0 Å². The first kappa shape index (κ1) is 19.6. The Labute approximate surface area is 180 Å². The fourth-order valence-corrected chi connectivity index (χ4v) is 5.55. The Bertz CT molecular complexity index is 1050. The van der Waals surface area contributed by atoms with Gasteiger partial charge in [0.25, 0.3) is 5.91 Å². The van der Waals surface area contributed by atoms with Gasteiger partial charge in [-0.15, -0.1) is 0 Å². The Morgan fingerprint density at radius 2 is 1.68 bits per heavy atom. The molecule has 31 heavy (non-hydrogen) atoms. The monoisotopic (exact) mass is 420 g/mol. The predicted molar refractivity (Wildman–Crippen MR) is 114 cm³/mol. The third kappa shape index (κ3) is 3.07. The van der Waals surface area contributed by atoms with E-state index in [9.17, 15) is 14.4 Å². The molecule has 2 aromatic rings. The zero-order chi connectivity index (χ0) is 21.7. The molecular weight excluding hydrogens is 396 g/mol. The van der Waals surface area contributed by atoms with Gasteiger partial charge in [0.2, 0.25) is 11.8 Å². The van der Waals surface area contributed by atoms with Crippen LogP contribution < -0.4 is 19.7 Å². The number of benzene rings is 2. The smallest absolute Gasteiger partial charge is 0.255 e. The van der Waals surface area contributed by atoms with E-state index in [0.29, 0.717) is 40.3 Å². The van der Waals surface area contributed by atoms with Crippen molar-refractivity contribution in [3.8, 4) is 11.5 Å². The Morgan fingerprint density at radius 3 is 2.32 bits per heavy atom. The van der Waals surface area contributed by atoms with Crippen molar-refractivity contribution in [2.45, 2.75) is 19.3 Å². The van der Waals surface area contributed by atoms with Crippen LogP contribution in [0.2, 0.25) is 0 Å². The standard InChI is InChI=1S/C24H24N2O5/c1-30-17-8-9-18(19(12-17)31-2)25-22(27)15-4-3-5-16(11-15)26-23(28)20-13-6-7-14(10-13)21(20)24(26)29/h3-5,8-9,11-14,20-21H,6-7,10H2,1-2H3,(H,25,27)/t13-,14+,20-,21+. The minimum absolute atomic E-state index is 0.114. The van der Waals surface area contributed by atoms with Crippen LogP contribution >= 0.6 is 0 Å². The second-order valence-electron chi connectivity index (χ2n) is 8.47. The van der Waals surface area contributed by atoms with E-state index in [2.05, 4.69) is 5.32 Å². The highest BCUT2D eigenvalue weighted by molar-refractivity contribution is 6.23. The molecule has 2 aromatic carbocycles. The Hall–Kier alpha value is -3.35. The van der Waals surface area contributed by atoms with Gasteiger partial charge in [-0.05, 0) is 61.4 Å². The Balaban J connectivity index is 1.39. The Kier molecular flexibility index (Phi) is 4.68. The van der Waals surface area contributed by atoms with Gasteiger partial charge < -0.3 is 14.8 Å². The van der Waals surface area contributed by atoms with E-state index in [-0.39, 0.29) is 29.6 Å². The van der Waals surface area contributed by atoms with Crippen LogP contribution in [0.3, 0.4) is 0 Å². The second-order valence-corrected chi connectivity index (χ2v) is 8.47. The largest absolute Gasteiger partial charge is 0.497 e. The summed E-state index contributed by atoms with van der Waals surface area (Å²) < 4.78 is 10.5. The lowest BCUT2D eigenvalue weighted by atomic mass is 9.81. The number of imide groups is 1. The molecule has 1 aliphatic heterocycles. The summed E-state index contributed by atoms with van der Waals surface area (Å²) >= 11 is 0. The number of carbonyl (C=O) groups is 3. The molecule has 1 saturated heterocycles. The van der Waals surface area contributed by atoms with E-state index in [0.717, 1.165) is 19.3 Å². The molecule has 160 valence electrons. The molecule has 3 fully saturated rings. The highest BCUT2D eigenvalue weighted by Gasteiger charge is 2.61. The van der Waals surface area contributed by atoms with Gasteiger partial charge in [0.15, 0.2) is 0 Å². The zero-order valence-corrected chi connectivity index (χ0v) is 17.5. The SMILES string of the molecule is COc1ccc(NC(=O)c2cccc(N3C(=O)[C@@H]4[C@@H]5CC[C@@H](C5)[C@@H]4C3=O)c2)c(OC)c1. The first-order valence-electron chi connectivity index (χ1n) is 10.5. The minimum Gasteiger partial charge on any atom is -0.497 e. The van der Waals surface area contributed by atoms with Gasteiger partial charge in [-0.25, -0.2) is 0 Å². The van der Waals surface area contributed by atoms with E-state index in [4.69, 9.17) is 9.47 Å². The second kappa shape index (κ2) is 7.41. The normalized spacial score (nSPS) is 26.2. The maximum atomic E-state index is 13.1. The van der Waals surface area contributed by atoms with E-state index in [1.54, 1.807) is 49.6 Å². The summed E-state index contributed by atoms with van der Waals surface area (Å²) in [6, 6.07) is 11.8. The number of hydrogen-bond acceptors (Lipinski definition) is 5. The molecule has 1 N–H and O–H groups in total. The zero-order valence-electron chi connectivity index (χ0n) is 17.5. The number of nitrogens with zero attached hydrogens (tertiary/aromatic N) is 1. The predicted octanol–water partition coefficient (Wildman–Crippen LogP) is 3.49. The molecule has 0 aromatic heterocycles. The quantitative estimate of drug-likeness (QED) is 0.749. The molecular formula is C24H24N2O5. The first-order valence-corrected chi connectivity index (χ1v) is 10.5. The van der Waals surface area contributed by atoms with Crippen LogP contribution in [0.15, 0.2) is 42.5 Å². The van der Waals surface area contributed by atoms with Gasteiger partial charge in [-0.1, -0.05) is 6.07 Å². The number of carbonyl (C=O) groups excluding carboxylic acids is 3. The molecule has 2 saturated carbocycles. The van der Waals surface area contributed by atoms with Gasteiger partial charge in [0, 0.05) is 11.6 Å². The average molecular weight is 420 g/mol. The molecule has 5 rings (SSSR count). The van der Waals surface area contributed by atoms with Crippen LogP contribution in [-0.2, 0) is 9.59 Å². The summed E-state index contributed by atoms with van der Waals surface area (Å²) in [7, 11) is 3.07. The molecule has 0 unspecified atom stereocenters. The summed E-state index contributed by atoms with van der Waals surface area (Å²) in [5, 5.41) is 2.83. The summed E-state index contributed by atoms with van der Waals surface area (Å²) in [5.41, 5.74) is 1.31. The third-order valence-electron chi connectivity index (χ3n) is 6.95. The molecule has 0 spiro atoms. The molecule has 3 aliphatic rings. The molecule has 0 radical (unpaired) electrons. The van der Waals surface area contributed by atoms with Crippen molar-refractivity contribution in [2.75, 3.05) is 24.4 Å². The van der Waals surface area contributed by atoms with Crippen molar-refractivity contribution in [1.29, 1.82) is 0 Å². The van der Waals surface area contributed by atoms with E-state index < -0.39 is 0 Å². The van der Waals surface area contributed by atoms with Crippen molar-refractivity contribution in [1.82, 2.24) is 0 Å². The van der Waals surface area contributed by atoms with Crippen LogP contribution in [0.4, 0.5) is 11.4 Å². The van der Waals surface area contributed by atoms with Crippen LogP contribution in [0.1, 0.15) is 29.6 Å². The number of hydrogen-bond donors (Lipinski definition) is 1. The molecule has 7 heteroatoms. The van der Waals surface area contributed by atoms with Gasteiger partial charge in [0.1, 0.15) is 11.5 Å². The maximum Gasteiger partial charge on any atom is 0.255 e. The van der Waals surface area contributed by atoms with E-state index in [1.807, 2.05) is 0 Å². The molecule has 7 nitrogen and oxygen atoms in total. The van der Waals surface area contributed by atoms with Crippen LogP contribution in [-0.4, -0.2) is 31.9 Å². The summed E-state index contributed by atoms with van der Waals surface area (Å²) in [6.07, 6.45) is 3.06. The minimum atomic E-state index is -0.357. The van der Waals surface area contributed by atoms with Crippen molar-refractivity contribution in [2.24, 2.45) is 23.7 Å². The van der Waals surface area contributed by atoms with Crippen LogP contribution in [0, 0.1) is 23.7 Å². The lowest BCUT2D eigenvalue weighted by Crippen LogP contribution is -2.33. The number of nitrogens with one attached hydrogen (secondary N) is 1. The molecule has 3 amide bonds. The molecule has 2 bridgehead atoms. The summed E-state index contributed by atoms with van der Waals surface area (Å²) in [6.45, 7) is 0. The summed E-state index contributed by atoms with van der Waals surface area (Å²) in [4.78, 5) is 40.3. The highest BCUT2D eigenvalue weighted by atomic mass is 16.5. The first-order chi connectivity index (χ1) is 15.0. The van der Waals surface area contributed by atoms with Crippen molar-refractivity contribution < 1.29 is 23.9 Å². The number of rotatable bonds is 5. The number of ether oxygens (including phenoxy) is 2. The van der Waals surface area contributed by atoms with E-state index in [1.165, 1.54) is 12.0 Å². The van der Waals surface area contributed by atoms with Crippen LogP contribution in [0.25, 0.3) is 0 Å². The molecule has 4 atom stereocenters. The topological polar surface area (TPSA) is 84.9 Å². The third-order valence-corrected chi connectivity index (χ3v) is 6.95. The number of fused-ring (bicyclic) bond motifs is 5. The fraction of sp³-hybridized carbons (Fsp3) is 0.375. The Morgan fingerprint density at radius 1 is 0.968 bits per heavy atom. The number of amides is 3. The lowest BCUT2D eigenvalue weighted by Gasteiger charge is -2.19. The molecule has 2 aliphatic carbocycles. The lowest BCUT2D eigenvalue weighted by molar-refractivity contribution is -0.123. The maximum absolute atomic E-state index is 13.1. The summed E-state index contributed by atoms with van der Waals surface area (Å²) in [5.74, 6) is 0.771. The number of methoxy groups -OCH3 is 2. The van der Waals surface area contributed by atoms with Crippen molar-refractivity contribution in [3.05, 3.63) is 48.0 Å². The van der Waals surface area contributed by atoms with Crippen LogP contribution in [0.5, 0.6) is 11.5 Å². The van der Waals surface area contributed by atoms with Crippen molar-refractivity contribution >= 4 is 29.1 Å². The number of anilines is 2. The molecule has 1 heterocycles. The fourth-order valence-electron chi connectivity index (χ4n) is 5.55. The van der Waals surface area contributed by atoms with Crippen molar-refractivity contribution in [3.63, 3.8) is 0 Å². The van der Waals surface area contributed by atoms with E-state index >= 15 is 0 Å². The van der Waals surface area contributed by atoms with Gasteiger partial charge in [0.05, 0.1) is 37.4 Å². The van der Waals surface area contributed by atoms with Gasteiger partial charge >= 0.3 is 0 Å². The average Bonchev–Trinajstić information content (AvgIpc) is 3.47. The van der Waals surface area contributed by atoms with Gasteiger partial charge in [-0.3, -0.25) is 19.3 Å².